The topological polar surface area (TPSA) is 105 Å². The summed E-state index contributed by atoms with van der Waals surface area (Å²) in [5.41, 5.74) is 1.43. The number of thioether (sulfide) groups is 1. The van der Waals surface area contributed by atoms with E-state index in [9.17, 15) is 4.39 Å². The van der Waals surface area contributed by atoms with Crippen molar-refractivity contribution in [3.05, 3.63) is 54.3 Å². The zero-order valence-corrected chi connectivity index (χ0v) is 20.4. The van der Waals surface area contributed by atoms with Crippen molar-refractivity contribution >= 4 is 28.6 Å². The van der Waals surface area contributed by atoms with Gasteiger partial charge in [0.05, 0.1) is 18.3 Å². The van der Waals surface area contributed by atoms with Gasteiger partial charge in [0, 0.05) is 24.9 Å². The van der Waals surface area contributed by atoms with Crippen LogP contribution in [-0.2, 0) is 17.5 Å². The predicted molar refractivity (Wildman–Crippen MR) is 127 cm³/mol. The number of hydrogen-bond donors (Lipinski definition) is 1. The molecule has 0 amide bonds. The first kappa shape index (κ1) is 23.5. The predicted octanol–water partition coefficient (Wildman–Crippen LogP) is 4.08. The fraction of sp³-hybridized carbons (Fsp3) is 0.318. The van der Waals surface area contributed by atoms with Crippen LogP contribution in [0.1, 0.15) is 26.5 Å². The van der Waals surface area contributed by atoms with Gasteiger partial charge in [0.2, 0.25) is 0 Å². The maximum atomic E-state index is 14.3. The maximum Gasteiger partial charge on any atom is 0.256 e. The number of rotatable bonds is 8. The van der Waals surface area contributed by atoms with Crippen molar-refractivity contribution in [2.24, 2.45) is 7.05 Å². The number of imidazole rings is 1. The van der Waals surface area contributed by atoms with Crippen LogP contribution in [0.15, 0.2) is 48.0 Å². The Balaban J connectivity index is 1.63. The summed E-state index contributed by atoms with van der Waals surface area (Å²) in [4.78, 5) is 9.33. The molecule has 0 unspecified atom stereocenters. The summed E-state index contributed by atoms with van der Waals surface area (Å²) in [7, 11) is 3.18. The standard InChI is InChI=1S/C22H25FN8O2S/c1-13(33-22(2,3)4)24-18-9-7-8-15(25-18)12-34-21-26-19-16(10-14(23)11-17(19)32-6)31(21)20-27-28-29-30(20)5/h7-11H,1,12H2,2-6H3,(H,24,25). The molecule has 0 atom stereocenters. The number of halogens is 1. The molecule has 10 nitrogen and oxygen atoms in total. The van der Waals surface area contributed by atoms with E-state index < -0.39 is 5.82 Å². The van der Waals surface area contributed by atoms with Crippen LogP contribution in [0.25, 0.3) is 17.0 Å². The quantitative estimate of drug-likeness (QED) is 0.292. The molecule has 0 fully saturated rings. The van der Waals surface area contributed by atoms with Crippen LogP contribution in [0.2, 0.25) is 0 Å². The molecule has 0 radical (unpaired) electrons. The molecular formula is C22H25FN8O2S. The van der Waals surface area contributed by atoms with Crippen LogP contribution in [0.3, 0.4) is 0 Å². The number of nitrogens with zero attached hydrogens (tertiary/aromatic N) is 7. The zero-order valence-electron chi connectivity index (χ0n) is 19.5. The van der Waals surface area contributed by atoms with E-state index in [2.05, 4.69) is 32.4 Å². The molecule has 3 aromatic heterocycles. The Kier molecular flexibility index (Phi) is 6.42. The minimum atomic E-state index is -0.449. The number of methoxy groups -OCH3 is 1. The van der Waals surface area contributed by atoms with Gasteiger partial charge in [-0.05, 0) is 49.9 Å². The minimum Gasteiger partial charge on any atom is -0.494 e. The molecule has 0 aliphatic heterocycles. The first-order valence-electron chi connectivity index (χ1n) is 10.4. The van der Waals surface area contributed by atoms with Gasteiger partial charge in [-0.2, -0.15) is 0 Å². The Morgan fingerprint density at radius 3 is 2.71 bits per heavy atom. The van der Waals surface area contributed by atoms with Crippen molar-refractivity contribution in [2.75, 3.05) is 12.4 Å². The second-order valence-electron chi connectivity index (χ2n) is 8.37. The molecule has 1 N–H and O–H groups in total. The number of aryl methyl sites for hydroxylation is 1. The van der Waals surface area contributed by atoms with Crippen LogP contribution < -0.4 is 10.1 Å². The van der Waals surface area contributed by atoms with E-state index in [4.69, 9.17) is 14.5 Å². The summed E-state index contributed by atoms with van der Waals surface area (Å²) in [5, 5.41) is 15.3. The first-order chi connectivity index (χ1) is 16.1. The SMILES string of the molecule is C=C(Nc1cccc(CSc2nc3c(OC)cc(F)cc3n2-c2nnnn2C)n1)OC(C)(C)C. The Morgan fingerprint density at radius 1 is 1.24 bits per heavy atom. The summed E-state index contributed by atoms with van der Waals surface area (Å²) in [6, 6.07) is 8.31. The molecule has 34 heavy (non-hydrogen) atoms. The van der Waals surface area contributed by atoms with Gasteiger partial charge in [0.25, 0.3) is 5.95 Å². The van der Waals surface area contributed by atoms with Crippen molar-refractivity contribution in [3.63, 3.8) is 0 Å². The number of fused-ring (bicyclic) bond motifs is 1. The van der Waals surface area contributed by atoms with Crippen LogP contribution >= 0.6 is 11.8 Å². The van der Waals surface area contributed by atoms with E-state index in [0.29, 0.717) is 45.3 Å². The van der Waals surface area contributed by atoms with Crippen LogP contribution in [0.4, 0.5) is 10.2 Å². The lowest BCUT2D eigenvalue weighted by Gasteiger charge is -2.23. The van der Waals surface area contributed by atoms with Gasteiger partial charge in [-0.3, -0.25) is 4.57 Å². The second-order valence-corrected chi connectivity index (χ2v) is 9.32. The number of pyridine rings is 1. The third-order valence-electron chi connectivity index (χ3n) is 4.53. The molecule has 3 heterocycles. The molecule has 0 bridgehead atoms. The molecule has 0 aliphatic rings. The summed E-state index contributed by atoms with van der Waals surface area (Å²) < 4.78 is 28.6. The molecule has 0 aliphatic carbocycles. The van der Waals surface area contributed by atoms with Gasteiger partial charge in [0.1, 0.15) is 28.5 Å². The summed E-state index contributed by atoms with van der Waals surface area (Å²) >= 11 is 1.42. The van der Waals surface area contributed by atoms with E-state index in [1.54, 1.807) is 11.6 Å². The van der Waals surface area contributed by atoms with Crippen molar-refractivity contribution in [2.45, 2.75) is 37.3 Å². The number of hydrogen-bond acceptors (Lipinski definition) is 9. The average Bonchev–Trinajstić information content (AvgIpc) is 3.33. The summed E-state index contributed by atoms with van der Waals surface area (Å²) in [5.74, 6) is 1.79. The molecule has 4 rings (SSSR count). The van der Waals surface area contributed by atoms with Crippen molar-refractivity contribution in [1.29, 1.82) is 0 Å². The number of tetrazole rings is 1. The minimum absolute atomic E-state index is 0.326. The fourth-order valence-corrected chi connectivity index (χ4v) is 4.16. The second kappa shape index (κ2) is 9.29. The lowest BCUT2D eigenvalue weighted by atomic mass is 10.2. The molecule has 0 saturated heterocycles. The summed E-state index contributed by atoms with van der Waals surface area (Å²) in [6.45, 7) is 9.73. The summed E-state index contributed by atoms with van der Waals surface area (Å²) in [6.07, 6.45) is 0. The highest BCUT2D eigenvalue weighted by molar-refractivity contribution is 7.98. The number of anilines is 1. The fourth-order valence-electron chi connectivity index (χ4n) is 3.26. The van der Waals surface area contributed by atoms with Crippen molar-refractivity contribution in [3.8, 4) is 11.7 Å². The highest BCUT2D eigenvalue weighted by Crippen LogP contribution is 2.34. The van der Waals surface area contributed by atoms with E-state index >= 15 is 0 Å². The van der Waals surface area contributed by atoms with Gasteiger partial charge in [-0.1, -0.05) is 22.9 Å². The van der Waals surface area contributed by atoms with Crippen LogP contribution in [0.5, 0.6) is 5.75 Å². The lowest BCUT2D eigenvalue weighted by molar-refractivity contribution is 0.0564. The van der Waals surface area contributed by atoms with E-state index in [1.165, 1.54) is 35.7 Å². The Morgan fingerprint density at radius 2 is 2.03 bits per heavy atom. The lowest BCUT2D eigenvalue weighted by Crippen LogP contribution is -2.21. The number of nitrogens with one attached hydrogen (secondary N) is 1. The first-order valence-corrected chi connectivity index (χ1v) is 11.4. The zero-order chi connectivity index (χ0) is 24.5. The molecular weight excluding hydrogens is 459 g/mol. The van der Waals surface area contributed by atoms with E-state index in [1.807, 2.05) is 39.0 Å². The Hall–Kier alpha value is -3.67. The third kappa shape index (κ3) is 5.11. The van der Waals surface area contributed by atoms with E-state index in [-0.39, 0.29) is 5.60 Å². The largest absolute Gasteiger partial charge is 0.494 e. The van der Waals surface area contributed by atoms with Crippen LogP contribution in [0, 0.1) is 5.82 Å². The van der Waals surface area contributed by atoms with Gasteiger partial charge in [-0.25, -0.2) is 19.0 Å². The Labute approximate surface area is 200 Å². The van der Waals surface area contributed by atoms with Gasteiger partial charge in [0.15, 0.2) is 11.0 Å². The van der Waals surface area contributed by atoms with Crippen LogP contribution in [-0.4, -0.2) is 47.5 Å². The molecule has 0 spiro atoms. The number of ether oxygens (including phenoxy) is 2. The maximum absolute atomic E-state index is 14.3. The van der Waals surface area contributed by atoms with E-state index in [0.717, 1.165) is 5.69 Å². The monoisotopic (exact) mass is 484 g/mol. The highest BCUT2D eigenvalue weighted by Gasteiger charge is 2.21. The molecule has 178 valence electrons. The smallest absolute Gasteiger partial charge is 0.256 e. The molecule has 1 aromatic carbocycles. The van der Waals surface area contributed by atoms with Gasteiger partial charge < -0.3 is 14.8 Å². The highest BCUT2D eigenvalue weighted by atomic mass is 32.2. The molecule has 0 saturated carbocycles. The third-order valence-corrected chi connectivity index (χ3v) is 5.50. The van der Waals surface area contributed by atoms with Gasteiger partial charge in [-0.15, -0.1) is 0 Å². The number of aromatic nitrogens is 7. The van der Waals surface area contributed by atoms with Gasteiger partial charge >= 0.3 is 0 Å². The van der Waals surface area contributed by atoms with Crippen molar-refractivity contribution < 1.29 is 13.9 Å². The average molecular weight is 485 g/mol. The number of benzene rings is 1. The normalized spacial score (nSPS) is 11.6. The van der Waals surface area contributed by atoms with Crippen molar-refractivity contribution in [1.82, 2.24) is 34.7 Å². The Bertz CT molecular complexity index is 1340. The molecule has 4 aromatic rings. The molecule has 12 heteroatoms.